The highest BCUT2D eigenvalue weighted by Gasteiger charge is 2.53. The predicted molar refractivity (Wildman–Crippen MR) is 78.1 cm³/mol. The van der Waals surface area contributed by atoms with Crippen LogP contribution in [-0.2, 0) is 19.1 Å². The Hall–Kier alpha value is -1.81. The van der Waals surface area contributed by atoms with Gasteiger partial charge in [-0.15, -0.1) is 11.8 Å². The van der Waals surface area contributed by atoms with E-state index in [1.165, 1.54) is 23.6 Å². The quantitative estimate of drug-likeness (QED) is 0.338. The van der Waals surface area contributed by atoms with Crippen LogP contribution >= 0.6 is 24.0 Å². The lowest BCUT2D eigenvalue weighted by atomic mass is 10.0. The molecule has 2 aliphatic rings. The van der Waals surface area contributed by atoms with Crippen LogP contribution in [0.2, 0.25) is 0 Å². The van der Waals surface area contributed by atoms with Gasteiger partial charge >= 0.3 is 11.9 Å². The van der Waals surface area contributed by atoms with Gasteiger partial charge in [0.1, 0.15) is 23.7 Å². The number of hydrogen-bond donors (Lipinski definition) is 3. The molecule has 0 saturated carbocycles. The summed E-state index contributed by atoms with van der Waals surface area (Å²) in [7, 11) is 0. The molecule has 1 fully saturated rings. The number of fused-ring (bicyclic) bond motifs is 1. The average molecular weight is 331 g/mol. The van der Waals surface area contributed by atoms with Crippen LogP contribution in [0.4, 0.5) is 0 Å². The fourth-order valence-electron chi connectivity index (χ4n) is 2.14. The molecule has 2 aliphatic heterocycles. The van der Waals surface area contributed by atoms with Gasteiger partial charge in [0, 0.05) is 18.2 Å². The number of carbonyl (C=O) groups excluding carboxylic acids is 2. The zero-order valence-corrected chi connectivity index (χ0v) is 12.6. The minimum Gasteiger partial charge on any atom is -0.477 e. The van der Waals surface area contributed by atoms with Crippen molar-refractivity contribution in [2.24, 2.45) is 5.73 Å². The van der Waals surface area contributed by atoms with Crippen LogP contribution in [0.3, 0.4) is 0 Å². The molecule has 1 saturated heterocycles. The van der Waals surface area contributed by atoms with Crippen LogP contribution < -0.4 is 11.1 Å². The molecule has 0 spiro atoms. The van der Waals surface area contributed by atoms with E-state index >= 15 is 0 Å². The Bertz CT molecular complexity index is 562. The summed E-state index contributed by atoms with van der Waals surface area (Å²) in [6.07, 6.45) is 0. The van der Waals surface area contributed by atoms with Crippen molar-refractivity contribution in [3.8, 4) is 0 Å². The molecule has 0 aromatic heterocycles. The standard InChI is InChI=1S/C11H13N3O5S2/c1-4(15)19-2-5-3-21-9-6(13-11(12)20)8(16)14(9)7(5)10(17)18/h6,9H,2-3H2,1H3,(H,17,18)(H3,12,13,20)/t6-,9-/m1/s1. The number of nitrogens with zero attached hydrogens (tertiary/aromatic N) is 1. The molecule has 0 aromatic carbocycles. The third-order valence-electron chi connectivity index (χ3n) is 3.00. The third-order valence-corrected chi connectivity index (χ3v) is 4.45. The van der Waals surface area contributed by atoms with Crippen LogP contribution in [-0.4, -0.2) is 56.7 Å². The largest absolute Gasteiger partial charge is 0.477 e. The predicted octanol–water partition coefficient (Wildman–Crippen LogP) is -0.995. The van der Waals surface area contributed by atoms with Crippen molar-refractivity contribution in [2.45, 2.75) is 18.3 Å². The van der Waals surface area contributed by atoms with E-state index in [9.17, 15) is 19.5 Å². The van der Waals surface area contributed by atoms with Crippen molar-refractivity contribution in [2.75, 3.05) is 12.4 Å². The number of esters is 1. The maximum atomic E-state index is 12.1. The Balaban J connectivity index is 2.22. The summed E-state index contributed by atoms with van der Waals surface area (Å²) in [5, 5.41) is 11.6. The number of carbonyl (C=O) groups is 3. The van der Waals surface area contributed by atoms with E-state index in [-0.39, 0.29) is 22.8 Å². The summed E-state index contributed by atoms with van der Waals surface area (Å²) in [4.78, 5) is 35.5. The Kier molecular flexibility index (Phi) is 4.37. The number of nitrogens with two attached hydrogens (primary N) is 1. The lowest BCUT2D eigenvalue weighted by Crippen LogP contribution is -2.71. The number of ether oxygens (including phenoxy) is 1. The maximum Gasteiger partial charge on any atom is 0.352 e. The Morgan fingerprint density at radius 3 is 2.81 bits per heavy atom. The van der Waals surface area contributed by atoms with E-state index in [0.29, 0.717) is 11.3 Å². The van der Waals surface area contributed by atoms with Gasteiger partial charge in [-0.05, 0) is 12.2 Å². The van der Waals surface area contributed by atoms with Crippen molar-refractivity contribution in [1.82, 2.24) is 10.2 Å². The van der Waals surface area contributed by atoms with Crippen LogP contribution in [0.15, 0.2) is 11.3 Å². The molecule has 0 aromatic rings. The number of aliphatic carboxylic acids is 1. The second-order valence-electron chi connectivity index (χ2n) is 4.43. The molecule has 114 valence electrons. The number of nitrogens with one attached hydrogen (secondary N) is 1. The highest BCUT2D eigenvalue weighted by Crippen LogP contribution is 2.40. The molecule has 2 heterocycles. The average Bonchev–Trinajstić information content (AvgIpc) is 2.40. The highest BCUT2D eigenvalue weighted by atomic mass is 32.2. The minimum atomic E-state index is -1.23. The monoisotopic (exact) mass is 331 g/mol. The first-order valence-corrected chi connectivity index (χ1v) is 7.38. The minimum absolute atomic E-state index is 0.0137. The number of amides is 1. The van der Waals surface area contributed by atoms with Crippen LogP contribution in [0.5, 0.6) is 0 Å². The topological polar surface area (TPSA) is 122 Å². The normalized spacial score (nSPS) is 24.0. The molecule has 0 radical (unpaired) electrons. The van der Waals surface area contributed by atoms with Gasteiger partial charge in [-0.2, -0.15) is 0 Å². The number of carboxylic acids is 1. The Morgan fingerprint density at radius 2 is 2.29 bits per heavy atom. The van der Waals surface area contributed by atoms with Crippen molar-refractivity contribution >= 4 is 46.9 Å². The lowest BCUT2D eigenvalue weighted by Gasteiger charge is -2.49. The second kappa shape index (κ2) is 5.90. The smallest absolute Gasteiger partial charge is 0.352 e. The summed E-state index contributed by atoms with van der Waals surface area (Å²) in [5.74, 6) is -1.82. The molecular formula is C11H13N3O5S2. The number of thioether (sulfide) groups is 1. The number of rotatable bonds is 4. The second-order valence-corrected chi connectivity index (χ2v) is 5.98. The number of carboxylic acid groups (broad SMARTS) is 1. The molecule has 8 nitrogen and oxygen atoms in total. The van der Waals surface area contributed by atoms with Gasteiger partial charge in [-0.25, -0.2) is 4.79 Å². The summed E-state index contributed by atoms with van der Waals surface area (Å²) < 4.78 is 4.83. The molecule has 2 rings (SSSR count). The molecule has 2 atom stereocenters. The van der Waals surface area contributed by atoms with Crippen molar-refractivity contribution in [3.63, 3.8) is 0 Å². The summed E-state index contributed by atoms with van der Waals surface area (Å²) >= 11 is 6.06. The van der Waals surface area contributed by atoms with Crippen molar-refractivity contribution in [3.05, 3.63) is 11.3 Å². The van der Waals surface area contributed by atoms with Gasteiger partial charge in [0.15, 0.2) is 5.11 Å². The fraction of sp³-hybridized carbons (Fsp3) is 0.455. The van der Waals surface area contributed by atoms with Crippen LogP contribution in [0.1, 0.15) is 6.92 Å². The first-order valence-electron chi connectivity index (χ1n) is 5.92. The number of β-lactam (4-membered cyclic amide) rings is 1. The third kappa shape index (κ3) is 2.95. The van der Waals surface area contributed by atoms with E-state index < -0.39 is 23.9 Å². The zero-order valence-electron chi connectivity index (χ0n) is 11.0. The molecule has 21 heavy (non-hydrogen) atoms. The van der Waals surface area contributed by atoms with Gasteiger partial charge in [0.25, 0.3) is 5.91 Å². The van der Waals surface area contributed by atoms with E-state index in [4.69, 9.17) is 22.7 Å². The van der Waals surface area contributed by atoms with Gasteiger partial charge in [0.2, 0.25) is 0 Å². The Labute approximate surface area is 129 Å². The fourth-order valence-corrected chi connectivity index (χ4v) is 3.59. The van der Waals surface area contributed by atoms with Gasteiger partial charge in [0.05, 0.1) is 0 Å². The van der Waals surface area contributed by atoms with E-state index in [1.807, 2.05) is 0 Å². The van der Waals surface area contributed by atoms with E-state index in [0.717, 1.165) is 0 Å². The highest BCUT2D eigenvalue weighted by molar-refractivity contribution is 8.00. The van der Waals surface area contributed by atoms with E-state index in [1.54, 1.807) is 0 Å². The van der Waals surface area contributed by atoms with Gasteiger partial charge in [-0.3, -0.25) is 14.5 Å². The summed E-state index contributed by atoms with van der Waals surface area (Å²) in [6, 6.07) is -0.628. The molecule has 4 N–H and O–H groups in total. The van der Waals surface area contributed by atoms with Gasteiger partial charge in [-0.1, -0.05) is 0 Å². The van der Waals surface area contributed by atoms with E-state index in [2.05, 4.69) is 5.32 Å². The van der Waals surface area contributed by atoms with Gasteiger partial charge < -0.3 is 20.9 Å². The van der Waals surface area contributed by atoms with Crippen LogP contribution in [0, 0.1) is 0 Å². The van der Waals surface area contributed by atoms with Crippen LogP contribution in [0.25, 0.3) is 0 Å². The van der Waals surface area contributed by atoms with Crippen molar-refractivity contribution in [1.29, 1.82) is 0 Å². The van der Waals surface area contributed by atoms with Crippen molar-refractivity contribution < 1.29 is 24.2 Å². The molecule has 0 bridgehead atoms. The Morgan fingerprint density at radius 1 is 1.62 bits per heavy atom. The molecule has 10 heteroatoms. The lowest BCUT2D eigenvalue weighted by molar-refractivity contribution is -0.148. The number of hydrogen-bond acceptors (Lipinski definition) is 6. The number of thiocarbonyl (C=S) groups is 1. The molecule has 0 aliphatic carbocycles. The first-order chi connectivity index (χ1) is 9.82. The molecule has 0 unspecified atom stereocenters. The first kappa shape index (κ1) is 15.6. The zero-order chi connectivity index (χ0) is 15.7. The maximum absolute atomic E-state index is 12.1. The summed E-state index contributed by atoms with van der Waals surface area (Å²) in [5.41, 5.74) is 5.60. The summed E-state index contributed by atoms with van der Waals surface area (Å²) in [6.45, 7) is 1.09. The molecular weight excluding hydrogens is 318 g/mol. The molecule has 1 amide bonds. The SMILES string of the molecule is CC(=O)OCC1=C(C(=O)O)N2C(=O)[C@@H](NC(N)=S)[C@H]2SC1.